The van der Waals surface area contributed by atoms with Crippen LogP contribution in [0.1, 0.15) is 34.1 Å². The van der Waals surface area contributed by atoms with Crippen molar-refractivity contribution in [1.82, 2.24) is 4.98 Å². The van der Waals surface area contributed by atoms with Crippen LogP contribution in [0.2, 0.25) is 0 Å². The molecule has 1 aromatic heterocycles. The molecule has 1 aromatic rings. The predicted octanol–water partition coefficient (Wildman–Crippen LogP) is 2.44. The van der Waals surface area contributed by atoms with Crippen molar-refractivity contribution in [3.63, 3.8) is 0 Å². The Morgan fingerprint density at radius 2 is 2.22 bits per heavy atom. The van der Waals surface area contributed by atoms with Crippen molar-refractivity contribution in [3.05, 3.63) is 18.3 Å². The standard InChI is InChI=1S/C14H22N2O2/c1-9(2)18-13-10(6-5-7-15-13)16-11-8-12(17)14(11,3)4/h5-7,9,11-12,16-17H,8H2,1-4H3. The third-order valence-electron chi connectivity index (χ3n) is 3.66. The zero-order chi connectivity index (χ0) is 13.3. The van der Waals surface area contributed by atoms with Gasteiger partial charge in [0.25, 0.3) is 0 Å². The van der Waals surface area contributed by atoms with Gasteiger partial charge in [-0.1, -0.05) is 13.8 Å². The lowest BCUT2D eigenvalue weighted by molar-refractivity contribution is -0.0511. The first-order valence-corrected chi connectivity index (χ1v) is 6.47. The van der Waals surface area contributed by atoms with E-state index in [0.29, 0.717) is 5.88 Å². The quantitative estimate of drug-likeness (QED) is 0.861. The molecule has 2 rings (SSSR count). The highest BCUT2D eigenvalue weighted by Gasteiger charge is 2.47. The number of pyridine rings is 1. The number of nitrogens with zero attached hydrogens (tertiary/aromatic N) is 1. The third kappa shape index (κ3) is 2.43. The number of hydrogen-bond acceptors (Lipinski definition) is 4. The molecule has 0 bridgehead atoms. The van der Waals surface area contributed by atoms with Crippen LogP contribution in [-0.4, -0.2) is 28.3 Å². The zero-order valence-electron chi connectivity index (χ0n) is 11.5. The highest BCUT2D eigenvalue weighted by Crippen LogP contribution is 2.43. The van der Waals surface area contributed by atoms with Crippen LogP contribution in [-0.2, 0) is 0 Å². The maximum atomic E-state index is 9.75. The number of rotatable bonds is 4. The van der Waals surface area contributed by atoms with Crippen molar-refractivity contribution in [2.75, 3.05) is 5.32 Å². The molecule has 1 saturated carbocycles. The maximum Gasteiger partial charge on any atom is 0.237 e. The van der Waals surface area contributed by atoms with Gasteiger partial charge in [-0.15, -0.1) is 0 Å². The fraction of sp³-hybridized carbons (Fsp3) is 0.643. The molecule has 0 saturated heterocycles. The Balaban J connectivity index is 2.10. The first-order chi connectivity index (χ1) is 8.41. The average Bonchev–Trinajstić information content (AvgIpc) is 2.30. The van der Waals surface area contributed by atoms with Gasteiger partial charge in [-0.05, 0) is 32.4 Å². The zero-order valence-corrected chi connectivity index (χ0v) is 11.5. The first kappa shape index (κ1) is 13.1. The number of anilines is 1. The van der Waals surface area contributed by atoms with Crippen molar-refractivity contribution in [1.29, 1.82) is 0 Å². The molecule has 18 heavy (non-hydrogen) atoms. The molecule has 2 N–H and O–H groups in total. The molecule has 1 heterocycles. The van der Waals surface area contributed by atoms with Gasteiger partial charge in [-0.25, -0.2) is 4.98 Å². The van der Waals surface area contributed by atoms with Crippen LogP contribution in [0.15, 0.2) is 18.3 Å². The van der Waals surface area contributed by atoms with Crippen molar-refractivity contribution >= 4 is 5.69 Å². The maximum absolute atomic E-state index is 9.75. The number of aromatic nitrogens is 1. The summed E-state index contributed by atoms with van der Waals surface area (Å²) >= 11 is 0. The number of ether oxygens (including phenoxy) is 1. The second kappa shape index (κ2) is 4.76. The van der Waals surface area contributed by atoms with Gasteiger partial charge in [0.15, 0.2) is 0 Å². The largest absolute Gasteiger partial charge is 0.473 e. The van der Waals surface area contributed by atoms with Crippen LogP contribution in [0.3, 0.4) is 0 Å². The minimum absolute atomic E-state index is 0.0976. The van der Waals surface area contributed by atoms with E-state index >= 15 is 0 Å². The topological polar surface area (TPSA) is 54.4 Å². The molecule has 0 amide bonds. The van der Waals surface area contributed by atoms with Crippen LogP contribution >= 0.6 is 0 Å². The van der Waals surface area contributed by atoms with Gasteiger partial charge in [0.2, 0.25) is 5.88 Å². The van der Waals surface area contributed by atoms with Crippen LogP contribution in [0.25, 0.3) is 0 Å². The monoisotopic (exact) mass is 250 g/mol. The second-order valence-corrected chi connectivity index (χ2v) is 5.79. The average molecular weight is 250 g/mol. The summed E-state index contributed by atoms with van der Waals surface area (Å²) in [7, 11) is 0. The highest BCUT2D eigenvalue weighted by atomic mass is 16.5. The van der Waals surface area contributed by atoms with Gasteiger partial charge in [-0.3, -0.25) is 0 Å². The molecule has 0 spiro atoms. The summed E-state index contributed by atoms with van der Waals surface area (Å²) in [4.78, 5) is 4.25. The summed E-state index contributed by atoms with van der Waals surface area (Å²) in [5, 5.41) is 13.2. The number of nitrogens with one attached hydrogen (secondary N) is 1. The Hall–Kier alpha value is -1.29. The van der Waals surface area contributed by atoms with E-state index in [0.717, 1.165) is 12.1 Å². The Morgan fingerprint density at radius 3 is 2.78 bits per heavy atom. The third-order valence-corrected chi connectivity index (χ3v) is 3.66. The summed E-state index contributed by atoms with van der Waals surface area (Å²) < 4.78 is 5.67. The smallest absolute Gasteiger partial charge is 0.237 e. The molecule has 2 unspecified atom stereocenters. The fourth-order valence-corrected chi connectivity index (χ4v) is 2.15. The molecule has 0 aromatic carbocycles. The second-order valence-electron chi connectivity index (χ2n) is 5.79. The van der Waals surface area contributed by atoms with Crippen LogP contribution in [0.4, 0.5) is 5.69 Å². The van der Waals surface area contributed by atoms with Crippen molar-refractivity contribution in [3.8, 4) is 5.88 Å². The van der Waals surface area contributed by atoms with E-state index in [1.54, 1.807) is 6.20 Å². The Morgan fingerprint density at radius 1 is 1.50 bits per heavy atom. The summed E-state index contributed by atoms with van der Waals surface area (Å²) in [5.41, 5.74) is 0.793. The van der Waals surface area contributed by atoms with Crippen molar-refractivity contribution in [2.45, 2.75) is 52.4 Å². The van der Waals surface area contributed by atoms with Gasteiger partial charge in [0.1, 0.15) is 0 Å². The molecule has 0 aliphatic heterocycles. The fourth-order valence-electron chi connectivity index (χ4n) is 2.15. The summed E-state index contributed by atoms with van der Waals surface area (Å²) in [6, 6.07) is 4.11. The molecule has 1 fully saturated rings. The van der Waals surface area contributed by atoms with Gasteiger partial charge < -0.3 is 15.2 Å². The normalized spacial score (nSPS) is 25.7. The van der Waals surface area contributed by atoms with Gasteiger partial charge >= 0.3 is 0 Å². The van der Waals surface area contributed by atoms with E-state index < -0.39 is 0 Å². The number of aliphatic hydroxyl groups excluding tert-OH is 1. The highest BCUT2D eigenvalue weighted by molar-refractivity contribution is 5.53. The minimum atomic E-state index is -0.235. The van der Waals surface area contributed by atoms with Crippen LogP contribution < -0.4 is 10.1 Å². The van der Waals surface area contributed by atoms with E-state index in [1.807, 2.05) is 26.0 Å². The van der Waals surface area contributed by atoms with E-state index in [4.69, 9.17) is 4.74 Å². The van der Waals surface area contributed by atoms with Crippen molar-refractivity contribution in [2.24, 2.45) is 5.41 Å². The molecule has 4 nitrogen and oxygen atoms in total. The first-order valence-electron chi connectivity index (χ1n) is 6.47. The van der Waals surface area contributed by atoms with Gasteiger partial charge in [0, 0.05) is 17.7 Å². The molecule has 2 atom stereocenters. The predicted molar refractivity (Wildman–Crippen MR) is 71.8 cm³/mol. The van der Waals surface area contributed by atoms with E-state index in [9.17, 15) is 5.11 Å². The SMILES string of the molecule is CC(C)Oc1ncccc1NC1CC(O)C1(C)C. The Kier molecular flexibility index (Phi) is 3.48. The van der Waals surface area contributed by atoms with E-state index in [-0.39, 0.29) is 23.7 Å². The lowest BCUT2D eigenvalue weighted by Gasteiger charge is -2.49. The van der Waals surface area contributed by atoms with E-state index in [1.165, 1.54) is 0 Å². The van der Waals surface area contributed by atoms with Gasteiger partial charge in [0.05, 0.1) is 17.9 Å². The lowest BCUT2D eigenvalue weighted by atomic mass is 9.64. The molecular formula is C14H22N2O2. The summed E-state index contributed by atoms with van der Waals surface area (Å²) in [5.74, 6) is 0.629. The molecule has 1 aliphatic carbocycles. The summed E-state index contributed by atoms with van der Waals surface area (Å²) in [6.45, 7) is 8.10. The van der Waals surface area contributed by atoms with Crippen LogP contribution in [0, 0.1) is 5.41 Å². The summed E-state index contributed by atoms with van der Waals surface area (Å²) in [6.07, 6.45) is 2.36. The lowest BCUT2D eigenvalue weighted by Crippen LogP contribution is -2.56. The molecule has 4 heteroatoms. The van der Waals surface area contributed by atoms with Crippen LogP contribution in [0.5, 0.6) is 5.88 Å². The van der Waals surface area contributed by atoms with E-state index in [2.05, 4.69) is 24.1 Å². The number of aliphatic hydroxyl groups is 1. The Bertz CT molecular complexity index is 418. The minimum Gasteiger partial charge on any atom is -0.473 e. The molecular weight excluding hydrogens is 228 g/mol. The van der Waals surface area contributed by atoms with Crippen molar-refractivity contribution < 1.29 is 9.84 Å². The molecule has 0 radical (unpaired) electrons. The molecule has 1 aliphatic rings. The Labute approximate surface area is 108 Å². The number of hydrogen-bond donors (Lipinski definition) is 2. The van der Waals surface area contributed by atoms with Gasteiger partial charge in [-0.2, -0.15) is 0 Å². The molecule has 100 valence electrons.